The van der Waals surface area contributed by atoms with E-state index in [0.717, 1.165) is 10.6 Å². The number of benzene rings is 3. The smallest absolute Gasteiger partial charge is 0.0630 e. The fraction of sp³-hybridized carbons (Fsp3) is 0. The van der Waals surface area contributed by atoms with E-state index in [-0.39, 0.29) is 0 Å². The van der Waals surface area contributed by atoms with Gasteiger partial charge in [0.25, 0.3) is 0 Å². The summed E-state index contributed by atoms with van der Waals surface area (Å²) in [6.07, 6.45) is 1.94. The van der Waals surface area contributed by atoms with Gasteiger partial charge in [-0.15, -0.1) is 11.3 Å². The monoisotopic (exact) mass is 313 g/mol. The maximum atomic E-state index is 4.53. The number of thiophene rings is 1. The number of rotatable bonds is 3. The van der Waals surface area contributed by atoms with Crippen LogP contribution in [0.5, 0.6) is 0 Å². The van der Waals surface area contributed by atoms with Gasteiger partial charge in [-0.3, -0.25) is 4.99 Å². The van der Waals surface area contributed by atoms with Gasteiger partial charge in [-0.1, -0.05) is 60.7 Å². The molecule has 0 radical (unpaired) electrons. The first-order valence-electron chi connectivity index (χ1n) is 7.57. The Hall–Kier alpha value is -2.71. The van der Waals surface area contributed by atoms with Crippen molar-refractivity contribution in [3.05, 3.63) is 89.8 Å². The minimum atomic E-state index is 0.979. The predicted octanol–water partition coefficient (Wildman–Crippen LogP) is 6.32. The van der Waals surface area contributed by atoms with E-state index in [4.69, 9.17) is 0 Å². The van der Waals surface area contributed by atoms with E-state index in [1.165, 1.54) is 21.2 Å². The molecule has 0 amide bonds. The highest BCUT2D eigenvalue weighted by molar-refractivity contribution is 7.17. The van der Waals surface area contributed by atoms with Gasteiger partial charge in [0.1, 0.15) is 0 Å². The third-order valence-corrected chi connectivity index (χ3v) is 4.83. The summed E-state index contributed by atoms with van der Waals surface area (Å²) >= 11 is 1.77. The standard InChI is InChI=1S/C21H15NS/c1-2-9-17(10-3-1)22-15-18-13-14-21(23-18)20-12-6-8-16-7-4-5-11-19(16)20/h1-15H. The average Bonchev–Trinajstić information content (AvgIpc) is 3.09. The number of para-hydroxylation sites is 1. The molecule has 1 heterocycles. The van der Waals surface area contributed by atoms with Crippen molar-refractivity contribution in [3.63, 3.8) is 0 Å². The lowest BCUT2D eigenvalue weighted by Gasteiger charge is -2.03. The van der Waals surface area contributed by atoms with Crippen molar-refractivity contribution < 1.29 is 0 Å². The Morgan fingerprint density at radius 1 is 0.696 bits per heavy atom. The van der Waals surface area contributed by atoms with Crippen LogP contribution in [0.1, 0.15) is 4.88 Å². The molecule has 0 aliphatic carbocycles. The highest BCUT2D eigenvalue weighted by atomic mass is 32.1. The lowest BCUT2D eigenvalue weighted by Crippen LogP contribution is -1.77. The van der Waals surface area contributed by atoms with Crippen LogP contribution in [-0.4, -0.2) is 6.21 Å². The molecule has 0 bridgehead atoms. The number of hydrogen-bond acceptors (Lipinski definition) is 2. The zero-order valence-electron chi connectivity index (χ0n) is 12.5. The largest absolute Gasteiger partial charge is 0.255 e. The second-order valence-corrected chi connectivity index (χ2v) is 6.44. The molecule has 0 aliphatic heterocycles. The Morgan fingerprint density at radius 2 is 1.48 bits per heavy atom. The lowest BCUT2D eigenvalue weighted by molar-refractivity contribution is 1.54. The van der Waals surface area contributed by atoms with Crippen LogP contribution in [0, 0.1) is 0 Å². The number of fused-ring (bicyclic) bond motifs is 1. The molecule has 0 saturated carbocycles. The second-order valence-electron chi connectivity index (χ2n) is 5.32. The normalized spacial score (nSPS) is 11.3. The second kappa shape index (κ2) is 6.19. The summed E-state index contributed by atoms with van der Waals surface area (Å²) in [5, 5.41) is 2.57. The molecule has 4 aromatic rings. The summed E-state index contributed by atoms with van der Waals surface area (Å²) in [7, 11) is 0. The van der Waals surface area contributed by atoms with Crippen molar-refractivity contribution >= 4 is 34.0 Å². The molecule has 0 fully saturated rings. The van der Waals surface area contributed by atoms with Gasteiger partial charge in [-0.25, -0.2) is 0 Å². The first kappa shape index (κ1) is 13.9. The maximum Gasteiger partial charge on any atom is 0.0630 e. The van der Waals surface area contributed by atoms with E-state index < -0.39 is 0 Å². The van der Waals surface area contributed by atoms with Gasteiger partial charge < -0.3 is 0 Å². The Morgan fingerprint density at radius 3 is 2.39 bits per heavy atom. The van der Waals surface area contributed by atoms with E-state index >= 15 is 0 Å². The number of aliphatic imine (C=N–C) groups is 1. The summed E-state index contributed by atoms with van der Waals surface area (Å²) < 4.78 is 0. The first-order valence-corrected chi connectivity index (χ1v) is 8.39. The minimum absolute atomic E-state index is 0.979. The van der Waals surface area contributed by atoms with Crippen molar-refractivity contribution in [1.29, 1.82) is 0 Å². The average molecular weight is 313 g/mol. The molecule has 0 aliphatic rings. The summed E-state index contributed by atoms with van der Waals surface area (Å²) in [5.41, 5.74) is 2.26. The van der Waals surface area contributed by atoms with Crippen LogP contribution in [0.3, 0.4) is 0 Å². The topological polar surface area (TPSA) is 12.4 Å². The van der Waals surface area contributed by atoms with Crippen molar-refractivity contribution in [1.82, 2.24) is 0 Å². The van der Waals surface area contributed by atoms with Crippen LogP contribution in [0.2, 0.25) is 0 Å². The molecule has 0 unspecified atom stereocenters. The molecule has 23 heavy (non-hydrogen) atoms. The third kappa shape index (κ3) is 2.94. The van der Waals surface area contributed by atoms with E-state index in [0.29, 0.717) is 0 Å². The molecule has 2 heteroatoms. The van der Waals surface area contributed by atoms with Crippen LogP contribution >= 0.6 is 11.3 Å². The molecule has 0 spiro atoms. The van der Waals surface area contributed by atoms with E-state index in [1.54, 1.807) is 11.3 Å². The van der Waals surface area contributed by atoms with Gasteiger partial charge in [-0.05, 0) is 40.6 Å². The molecular formula is C21H15NS. The number of hydrogen-bond donors (Lipinski definition) is 0. The van der Waals surface area contributed by atoms with Crippen molar-refractivity contribution in [2.75, 3.05) is 0 Å². The highest BCUT2D eigenvalue weighted by Gasteiger charge is 2.05. The summed E-state index contributed by atoms with van der Waals surface area (Å²) in [6.45, 7) is 0. The van der Waals surface area contributed by atoms with Gasteiger partial charge in [0.2, 0.25) is 0 Å². The van der Waals surface area contributed by atoms with E-state index in [1.807, 2.05) is 36.5 Å². The fourth-order valence-electron chi connectivity index (χ4n) is 2.66. The Kier molecular flexibility index (Phi) is 3.75. The van der Waals surface area contributed by atoms with Gasteiger partial charge in [-0.2, -0.15) is 0 Å². The Labute approximate surface area is 139 Å². The minimum Gasteiger partial charge on any atom is -0.255 e. The molecule has 3 aromatic carbocycles. The highest BCUT2D eigenvalue weighted by Crippen LogP contribution is 2.33. The maximum absolute atomic E-state index is 4.53. The van der Waals surface area contributed by atoms with Crippen molar-refractivity contribution in [3.8, 4) is 10.4 Å². The lowest BCUT2D eigenvalue weighted by atomic mass is 10.0. The van der Waals surface area contributed by atoms with Crippen LogP contribution < -0.4 is 0 Å². The summed E-state index contributed by atoms with van der Waals surface area (Å²) in [5.74, 6) is 0. The molecule has 110 valence electrons. The Bertz CT molecular complexity index is 962. The van der Waals surface area contributed by atoms with Gasteiger partial charge in [0.15, 0.2) is 0 Å². The molecule has 0 N–H and O–H groups in total. The Balaban J connectivity index is 1.69. The summed E-state index contributed by atoms with van der Waals surface area (Å²) in [6, 6.07) is 29.3. The number of nitrogens with zero attached hydrogens (tertiary/aromatic N) is 1. The zero-order chi connectivity index (χ0) is 15.5. The van der Waals surface area contributed by atoms with Crippen LogP contribution in [-0.2, 0) is 0 Å². The van der Waals surface area contributed by atoms with E-state index in [9.17, 15) is 0 Å². The molecular weight excluding hydrogens is 298 g/mol. The molecule has 1 nitrogen and oxygen atoms in total. The summed E-state index contributed by atoms with van der Waals surface area (Å²) in [4.78, 5) is 6.97. The third-order valence-electron chi connectivity index (χ3n) is 3.78. The molecule has 1 aromatic heterocycles. The van der Waals surface area contributed by atoms with Crippen molar-refractivity contribution in [2.24, 2.45) is 4.99 Å². The fourth-order valence-corrected chi connectivity index (χ4v) is 3.58. The van der Waals surface area contributed by atoms with E-state index in [2.05, 4.69) is 59.6 Å². The quantitative estimate of drug-likeness (QED) is 0.392. The molecule has 0 atom stereocenters. The van der Waals surface area contributed by atoms with Crippen LogP contribution in [0.15, 0.2) is 89.9 Å². The molecule has 4 rings (SSSR count). The molecule has 0 saturated heterocycles. The van der Waals surface area contributed by atoms with Gasteiger partial charge in [0.05, 0.1) is 5.69 Å². The first-order chi connectivity index (χ1) is 11.4. The van der Waals surface area contributed by atoms with Gasteiger partial charge in [0, 0.05) is 16.0 Å². The zero-order valence-corrected chi connectivity index (χ0v) is 13.3. The predicted molar refractivity (Wildman–Crippen MR) is 101 cm³/mol. The van der Waals surface area contributed by atoms with Gasteiger partial charge >= 0.3 is 0 Å². The SMILES string of the molecule is C(=Nc1ccccc1)c1ccc(-c2cccc3ccccc23)s1. The van der Waals surface area contributed by atoms with Crippen LogP contribution in [0.4, 0.5) is 5.69 Å². The van der Waals surface area contributed by atoms with Crippen LogP contribution in [0.25, 0.3) is 21.2 Å². The van der Waals surface area contributed by atoms with Crippen molar-refractivity contribution in [2.45, 2.75) is 0 Å².